The van der Waals surface area contributed by atoms with Crippen LogP contribution >= 0.6 is 36.2 Å². The van der Waals surface area contributed by atoms with Gasteiger partial charge in [0, 0.05) is 24.3 Å². The molecule has 0 saturated heterocycles. The van der Waals surface area contributed by atoms with Crippen molar-refractivity contribution in [1.82, 2.24) is 9.80 Å². The van der Waals surface area contributed by atoms with Crippen LogP contribution in [-0.2, 0) is 11.2 Å². The molecule has 3 nitrogen and oxygen atoms in total. The number of fused-ring (bicyclic) bond motifs is 1. The van der Waals surface area contributed by atoms with Crippen LogP contribution in [0.4, 0.5) is 0 Å². The van der Waals surface area contributed by atoms with Crippen molar-refractivity contribution in [2.24, 2.45) is 0 Å². The Morgan fingerprint density at radius 3 is 2.48 bits per heavy atom. The maximum atomic E-state index is 5.76. The SMILES string of the molecule is CN(C)CCN(C)CCOCCc1ccc2sccc2c1.Cl.Cl. The summed E-state index contributed by atoms with van der Waals surface area (Å²) in [5.74, 6) is 0. The van der Waals surface area contributed by atoms with Crippen molar-refractivity contribution in [3.8, 4) is 0 Å². The maximum absolute atomic E-state index is 5.76. The van der Waals surface area contributed by atoms with Crippen molar-refractivity contribution in [2.75, 3.05) is 54.0 Å². The second kappa shape index (κ2) is 12.1. The third kappa shape index (κ3) is 8.34. The van der Waals surface area contributed by atoms with Crippen molar-refractivity contribution >= 4 is 46.2 Å². The molecule has 1 heterocycles. The molecule has 6 heteroatoms. The lowest BCUT2D eigenvalue weighted by Crippen LogP contribution is -2.31. The Labute approximate surface area is 156 Å². The molecule has 2 rings (SSSR count). The summed E-state index contributed by atoms with van der Waals surface area (Å²) >= 11 is 1.80. The Morgan fingerprint density at radius 2 is 1.74 bits per heavy atom. The van der Waals surface area contributed by atoms with Gasteiger partial charge in [0.2, 0.25) is 0 Å². The summed E-state index contributed by atoms with van der Waals surface area (Å²) in [4.78, 5) is 4.52. The number of benzene rings is 1. The number of ether oxygens (including phenoxy) is 1. The number of nitrogens with zero attached hydrogens (tertiary/aromatic N) is 2. The number of thiophene rings is 1. The maximum Gasteiger partial charge on any atom is 0.0593 e. The van der Waals surface area contributed by atoms with Crippen LogP contribution in [0, 0.1) is 0 Å². The van der Waals surface area contributed by atoms with Crippen molar-refractivity contribution in [3.63, 3.8) is 0 Å². The molecule has 0 aliphatic heterocycles. The molecule has 0 aliphatic carbocycles. The first kappa shape index (κ1) is 22.6. The highest BCUT2D eigenvalue weighted by Crippen LogP contribution is 2.21. The molecule has 132 valence electrons. The molecule has 0 bridgehead atoms. The Balaban J connectivity index is 0.00000242. The third-order valence-corrected chi connectivity index (χ3v) is 4.50. The van der Waals surface area contributed by atoms with E-state index in [-0.39, 0.29) is 24.8 Å². The van der Waals surface area contributed by atoms with Gasteiger partial charge in [-0.2, -0.15) is 0 Å². The fraction of sp³-hybridized carbons (Fsp3) is 0.529. The third-order valence-electron chi connectivity index (χ3n) is 3.60. The van der Waals surface area contributed by atoms with E-state index in [1.54, 1.807) is 11.3 Å². The van der Waals surface area contributed by atoms with Gasteiger partial charge in [0.1, 0.15) is 0 Å². The molecule has 0 N–H and O–H groups in total. The molecule has 0 radical (unpaired) electrons. The lowest BCUT2D eigenvalue weighted by atomic mass is 10.1. The summed E-state index contributed by atoms with van der Waals surface area (Å²) in [6, 6.07) is 8.89. The molecule has 1 aromatic carbocycles. The first-order chi connectivity index (χ1) is 10.1. The number of likely N-dealkylation sites (N-methyl/N-ethyl adjacent to an activating group) is 2. The van der Waals surface area contributed by atoms with Gasteiger partial charge in [-0.25, -0.2) is 0 Å². The Hall–Kier alpha value is -0.360. The van der Waals surface area contributed by atoms with Crippen molar-refractivity contribution in [3.05, 3.63) is 35.2 Å². The van der Waals surface area contributed by atoms with Crippen LogP contribution in [-0.4, -0.2) is 63.8 Å². The highest BCUT2D eigenvalue weighted by Gasteiger charge is 2.00. The van der Waals surface area contributed by atoms with Gasteiger partial charge < -0.3 is 14.5 Å². The lowest BCUT2D eigenvalue weighted by Gasteiger charge is -2.19. The van der Waals surface area contributed by atoms with E-state index in [0.717, 1.165) is 39.3 Å². The molecular formula is C17H28Cl2N2OS. The van der Waals surface area contributed by atoms with E-state index >= 15 is 0 Å². The van der Waals surface area contributed by atoms with E-state index in [4.69, 9.17) is 4.74 Å². The normalized spacial score (nSPS) is 10.8. The highest BCUT2D eigenvalue weighted by atomic mass is 35.5. The first-order valence-electron chi connectivity index (χ1n) is 7.52. The van der Waals surface area contributed by atoms with Crippen molar-refractivity contribution < 1.29 is 4.74 Å². The molecule has 2 aromatic rings. The summed E-state index contributed by atoms with van der Waals surface area (Å²) in [5.41, 5.74) is 1.36. The molecule has 0 amide bonds. The summed E-state index contributed by atoms with van der Waals surface area (Å²) in [7, 11) is 6.36. The monoisotopic (exact) mass is 378 g/mol. The van der Waals surface area contributed by atoms with E-state index in [2.05, 4.69) is 60.6 Å². The van der Waals surface area contributed by atoms with Crippen LogP contribution in [0.15, 0.2) is 29.6 Å². The minimum absolute atomic E-state index is 0. The summed E-state index contributed by atoms with van der Waals surface area (Å²) in [6.45, 7) is 4.79. The summed E-state index contributed by atoms with van der Waals surface area (Å²) in [6.07, 6.45) is 0.993. The topological polar surface area (TPSA) is 15.7 Å². The van der Waals surface area contributed by atoms with Gasteiger partial charge in [0.15, 0.2) is 0 Å². The molecule has 0 aliphatic rings. The highest BCUT2D eigenvalue weighted by molar-refractivity contribution is 7.17. The molecule has 0 unspecified atom stereocenters. The molecule has 0 spiro atoms. The minimum Gasteiger partial charge on any atom is -0.380 e. The smallest absolute Gasteiger partial charge is 0.0593 e. The Kier molecular flexibility index (Phi) is 11.9. The quantitative estimate of drug-likeness (QED) is 0.617. The second-order valence-corrected chi connectivity index (χ2v) is 6.71. The minimum atomic E-state index is 0. The Morgan fingerprint density at radius 1 is 0.957 bits per heavy atom. The first-order valence-corrected chi connectivity index (χ1v) is 8.40. The number of rotatable bonds is 9. The molecule has 0 fully saturated rings. The van der Waals surface area contributed by atoms with Crippen molar-refractivity contribution in [2.45, 2.75) is 6.42 Å². The number of hydrogen-bond donors (Lipinski definition) is 0. The van der Waals surface area contributed by atoms with Gasteiger partial charge in [0.05, 0.1) is 13.2 Å². The van der Waals surface area contributed by atoms with Gasteiger partial charge in [-0.15, -0.1) is 36.2 Å². The largest absolute Gasteiger partial charge is 0.380 e. The fourth-order valence-electron chi connectivity index (χ4n) is 2.17. The van der Waals surface area contributed by atoms with Gasteiger partial charge >= 0.3 is 0 Å². The zero-order valence-corrected chi connectivity index (χ0v) is 16.6. The van der Waals surface area contributed by atoms with Gasteiger partial charge in [-0.3, -0.25) is 0 Å². The molecule has 0 atom stereocenters. The number of hydrogen-bond acceptors (Lipinski definition) is 4. The molecule has 1 aromatic heterocycles. The van der Waals surface area contributed by atoms with Crippen LogP contribution in [0.25, 0.3) is 10.1 Å². The molecule has 0 saturated carbocycles. The Bertz CT molecular complexity index is 548. The van der Waals surface area contributed by atoms with Crippen LogP contribution in [0.3, 0.4) is 0 Å². The van der Waals surface area contributed by atoms with E-state index in [9.17, 15) is 0 Å². The standard InChI is InChI=1S/C17H26N2OS.2ClH/c1-18(2)8-9-19(3)10-12-20-11-6-15-4-5-17-16(14-15)7-13-21-17;;/h4-5,7,13-14H,6,8-12H2,1-3H3;2*1H. The lowest BCUT2D eigenvalue weighted by molar-refractivity contribution is 0.112. The zero-order chi connectivity index (χ0) is 15.1. The van der Waals surface area contributed by atoms with Gasteiger partial charge in [-0.1, -0.05) is 12.1 Å². The van der Waals surface area contributed by atoms with E-state index in [1.807, 2.05) is 0 Å². The van der Waals surface area contributed by atoms with Crippen LogP contribution in [0.2, 0.25) is 0 Å². The van der Waals surface area contributed by atoms with Crippen LogP contribution in [0.5, 0.6) is 0 Å². The van der Waals surface area contributed by atoms with E-state index < -0.39 is 0 Å². The predicted molar refractivity (Wildman–Crippen MR) is 107 cm³/mol. The summed E-state index contributed by atoms with van der Waals surface area (Å²) in [5, 5.41) is 3.50. The average molecular weight is 379 g/mol. The van der Waals surface area contributed by atoms with E-state index in [0.29, 0.717) is 0 Å². The van der Waals surface area contributed by atoms with Crippen molar-refractivity contribution in [1.29, 1.82) is 0 Å². The van der Waals surface area contributed by atoms with E-state index in [1.165, 1.54) is 15.6 Å². The zero-order valence-electron chi connectivity index (χ0n) is 14.2. The molecule has 23 heavy (non-hydrogen) atoms. The van der Waals surface area contributed by atoms with Crippen LogP contribution in [0.1, 0.15) is 5.56 Å². The molecular weight excluding hydrogens is 351 g/mol. The average Bonchev–Trinajstić information content (AvgIpc) is 2.92. The predicted octanol–water partition coefficient (Wildman–Crippen LogP) is 3.80. The van der Waals surface area contributed by atoms with Crippen LogP contribution < -0.4 is 0 Å². The fourth-order valence-corrected chi connectivity index (χ4v) is 2.94. The summed E-state index contributed by atoms with van der Waals surface area (Å²) < 4.78 is 7.12. The second-order valence-electron chi connectivity index (χ2n) is 5.76. The van der Waals surface area contributed by atoms with Gasteiger partial charge in [-0.05, 0) is 56.0 Å². The number of halogens is 2. The van der Waals surface area contributed by atoms with Gasteiger partial charge in [0.25, 0.3) is 0 Å².